The lowest BCUT2D eigenvalue weighted by Gasteiger charge is -2.38. The first-order chi connectivity index (χ1) is 20.1. The van der Waals surface area contributed by atoms with Crippen molar-refractivity contribution in [2.75, 3.05) is 36.8 Å². The predicted molar refractivity (Wildman–Crippen MR) is 161 cm³/mol. The number of piperazine rings is 1. The number of nitrogens with one attached hydrogen (secondary N) is 3. The van der Waals surface area contributed by atoms with Crippen molar-refractivity contribution >= 4 is 29.3 Å². The summed E-state index contributed by atoms with van der Waals surface area (Å²) in [6, 6.07) is 6.91. The van der Waals surface area contributed by atoms with Crippen LogP contribution in [0.15, 0.2) is 30.5 Å². The monoisotopic (exact) mass is 603 g/mol. The SMILES string of the molecule is C.CC(C)NC(=O)[C@H]1CCC[C@H]1Nc1nc(Nc2ccc(C(=O)N3CCN(C4CCCC4)CC3)cc2)ncc1C(F)(F)F. The fourth-order valence-electron chi connectivity index (χ4n) is 6.34. The molecular formula is C31H44F3N7O2. The van der Waals surface area contributed by atoms with E-state index in [0.29, 0.717) is 43.2 Å². The highest BCUT2D eigenvalue weighted by molar-refractivity contribution is 5.94. The average molecular weight is 604 g/mol. The standard InChI is InChI=1S/C30H40F3N7O2.CH4/c1-19(2)35-27(41)23-8-5-9-25(23)37-26-24(30(31,32)33)18-34-29(38-26)36-21-12-10-20(11-13-21)28(42)40-16-14-39(15-17-40)22-6-3-4-7-22;/h10-13,18-19,22-23,25H,3-9,14-17H2,1-2H3,(H,35,41)(H2,34,36,37,38);1H4/t23-,25+;/m0./s1. The maximum absolute atomic E-state index is 13.8. The molecule has 2 aliphatic carbocycles. The molecule has 2 atom stereocenters. The van der Waals surface area contributed by atoms with Gasteiger partial charge in [0.2, 0.25) is 11.9 Å². The highest BCUT2D eigenvalue weighted by Gasteiger charge is 2.39. The first-order valence-electron chi connectivity index (χ1n) is 15.0. The van der Waals surface area contributed by atoms with E-state index in [1.807, 2.05) is 18.7 Å². The van der Waals surface area contributed by atoms with Crippen LogP contribution in [-0.4, -0.2) is 75.9 Å². The van der Waals surface area contributed by atoms with Crippen LogP contribution in [-0.2, 0) is 11.0 Å². The number of hydrogen-bond acceptors (Lipinski definition) is 7. The minimum atomic E-state index is -4.67. The zero-order chi connectivity index (χ0) is 29.9. The molecule has 3 fully saturated rings. The lowest BCUT2D eigenvalue weighted by Crippen LogP contribution is -2.51. The third kappa shape index (κ3) is 7.95. The van der Waals surface area contributed by atoms with Gasteiger partial charge in [0.05, 0.1) is 5.92 Å². The number of aromatic nitrogens is 2. The van der Waals surface area contributed by atoms with E-state index in [-0.39, 0.29) is 37.0 Å². The zero-order valence-corrected chi connectivity index (χ0v) is 24.2. The van der Waals surface area contributed by atoms with Crippen molar-refractivity contribution in [2.24, 2.45) is 5.92 Å². The minimum absolute atomic E-state index is 0. The molecular weight excluding hydrogens is 559 g/mol. The quantitative estimate of drug-likeness (QED) is 0.357. The number of anilines is 3. The van der Waals surface area contributed by atoms with Gasteiger partial charge < -0.3 is 20.9 Å². The van der Waals surface area contributed by atoms with Crippen molar-refractivity contribution in [3.05, 3.63) is 41.6 Å². The zero-order valence-electron chi connectivity index (χ0n) is 24.2. The van der Waals surface area contributed by atoms with Crippen LogP contribution in [0.1, 0.15) is 82.1 Å². The summed E-state index contributed by atoms with van der Waals surface area (Å²) in [6.07, 6.45) is 3.04. The molecule has 2 saturated carbocycles. The molecule has 0 bridgehead atoms. The van der Waals surface area contributed by atoms with Crippen LogP contribution in [0, 0.1) is 5.92 Å². The maximum atomic E-state index is 13.8. The number of carbonyl (C=O) groups is 2. The molecule has 43 heavy (non-hydrogen) atoms. The van der Waals surface area contributed by atoms with Gasteiger partial charge in [-0.3, -0.25) is 14.5 Å². The molecule has 1 aromatic heterocycles. The predicted octanol–water partition coefficient (Wildman–Crippen LogP) is 5.68. The Balaban J connectivity index is 0.00000423. The van der Waals surface area contributed by atoms with Crippen molar-refractivity contribution in [1.82, 2.24) is 25.1 Å². The number of carbonyl (C=O) groups excluding carboxylic acids is 2. The summed E-state index contributed by atoms with van der Waals surface area (Å²) in [6.45, 7) is 6.87. The summed E-state index contributed by atoms with van der Waals surface area (Å²) >= 11 is 0. The normalized spacial score (nSPS) is 21.5. The Kier molecular flexibility index (Phi) is 10.5. The Labute approximate surface area is 252 Å². The van der Waals surface area contributed by atoms with Crippen LogP contribution in [0.25, 0.3) is 0 Å². The molecule has 1 saturated heterocycles. The number of benzene rings is 1. The molecule has 3 aliphatic rings. The van der Waals surface area contributed by atoms with Gasteiger partial charge in [-0.15, -0.1) is 0 Å². The smallest absolute Gasteiger partial charge is 0.366 e. The first kappa shape index (κ1) is 32.5. The van der Waals surface area contributed by atoms with Gasteiger partial charge in [0, 0.05) is 61.8 Å². The summed E-state index contributed by atoms with van der Waals surface area (Å²) < 4.78 is 41.5. The van der Waals surface area contributed by atoms with E-state index in [1.165, 1.54) is 25.7 Å². The van der Waals surface area contributed by atoms with Gasteiger partial charge in [-0.05, 0) is 63.8 Å². The van der Waals surface area contributed by atoms with Gasteiger partial charge in [-0.2, -0.15) is 18.2 Å². The molecule has 12 heteroatoms. The highest BCUT2D eigenvalue weighted by Crippen LogP contribution is 2.37. The Bertz CT molecular complexity index is 1240. The van der Waals surface area contributed by atoms with Crippen molar-refractivity contribution in [1.29, 1.82) is 0 Å². The highest BCUT2D eigenvalue weighted by atomic mass is 19.4. The van der Waals surface area contributed by atoms with E-state index >= 15 is 0 Å². The molecule has 2 aromatic rings. The molecule has 3 N–H and O–H groups in total. The molecule has 5 rings (SSSR count). The van der Waals surface area contributed by atoms with Crippen LogP contribution in [0.4, 0.5) is 30.6 Å². The van der Waals surface area contributed by atoms with Crippen molar-refractivity contribution in [3.8, 4) is 0 Å². The Morgan fingerprint density at radius 3 is 2.26 bits per heavy atom. The molecule has 0 spiro atoms. The number of nitrogens with zero attached hydrogens (tertiary/aromatic N) is 4. The van der Waals surface area contributed by atoms with Crippen molar-refractivity contribution in [3.63, 3.8) is 0 Å². The van der Waals surface area contributed by atoms with Crippen LogP contribution in [0.3, 0.4) is 0 Å². The van der Waals surface area contributed by atoms with Gasteiger partial charge in [0.1, 0.15) is 11.4 Å². The summed E-state index contributed by atoms with van der Waals surface area (Å²) in [5.74, 6) is -1.04. The fourth-order valence-corrected chi connectivity index (χ4v) is 6.34. The fraction of sp³-hybridized carbons (Fsp3) is 0.613. The van der Waals surface area contributed by atoms with Crippen molar-refractivity contribution in [2.45, 2.75) is 90.5 Å². The lowest BCUT2D eigenvalue weighted by molar-refractivity contribution is -0.137. The Morgan fingerprint density at radius 1 is 0.953 bits per heavy atom. The number of halogens is 3. The summed E-state index contributed by atoms with van der Waals surface area (Å²) in [4.78, 5) is 38.2. The second-order valence-corrected chi connectivity index (χ2v) is 11.9. The number of hydrogen-bond donors (Lipinski definition) is 3. The number of rotatable bonds is 8. The molecule has 0 unspecified atom stereocenters. The number of alkyl halides is 3. The van der Waals surface area contributed by atoms with Crippen molar-refractivity contribution < 1.29 is 22.8 Å². The third-order valence-electron chi connectivity index (χ3n) is 8.53. The summed E-state index contributed by atoms with van der Waals surface area (Å²) in [7, 11) is 0. The Morgan fingerprint density at radius 2 is 1.63 bits per heavy atom. The van der Waals surface area contributed by atoms with E-state index in [9.17, 15) is 22.8 Å². The van der Waals surface area contributed by atoms with Gasteiger partial charge in [-0.25, -0.2) is 4.98 Å². The third-order valence-corrected chi connectivity index (χ3v) is 8.53. The largest absolute Gasteiger partial charge is 0.421 e. The van der Waals surface area contributed by atoms with Crippen LogP contribution in [0.2, 0.25) is 0 Å². The van der Waals surface area contributed by atoms with Crippen LogP contribution >= 0.6 is 0 Å². The summed E-state index contributed by atoms with van der Waals surface area (Å²) in [5.41, 5.74) is 0.104. The molecule has 2 heterocycles. The lowest BCUT2D eigenvalue weighted by atomic mass is 10.0. The van der Waals surface area contributed by atoms with Crippen LogP contribution in [0.5, 0.6) is 0 Å². The second kappa shape index (κ2) is 13.9. The van der Waals surface area contributed by atoms with E-state index in [0.717, 1.165) is 25.7 Å². The van der Waals surface area contributed by atoms with E-state index in [1.54, 1.807) is 24.3 Å². The number of amides is 2. The molecule has 1 aromatic carbocycles. The molecule has 9 nitrogen and oxygen atoms in total. The van der Waals surface area contributed by atoms with Crippen LogP contribution < -0.4 is 16.0 Å². The molecule has 1 aliphatic heterocycles. The van der Waals surface area contributed by atoms with Gasteiger partial charge in [0.15, 0.2) is 0 Å². The minimum Gasteiger partial charge on any atom is -0.366 e. The van der Waals surface area contributed by atoms with Gasteiger partial charge >= 0.3 is 6.18 Å². The van der Waals surface area contributed by atoms with Gasteiger partial charge in [-0.1, -0.05) is 26.7 Å². The topological polar surface area (TPSA) is 102 Å². The molecule has 236 valence electrons. The Hall–Kier alpha value is -3.41. The second-order valence-electron chi connectivity index (χ2n) is 11.9. The van der Waals surface area contributed by atoms with E-state index in [4.69, 9.17) is 0 Å². The first-order valence-corrected chi connectivity index (χ1v) is 15.0. The van der Waals surface area contributed by atoms with Gasteiger partial charge in [0.25, 0.3) is 5.91 Å². The molecule has 2 amide bonds. The van der Waals surface area contributed by atoms with E-state index < -0.39 is 23.7 Å². The molecule has 0 radical (unpaired) electrons. The summed E-state index contributed by atoms with van der Waals surface area (Å²) in [5, 5.41) is 8.71. The van der Waals surface area contributed by atoms with E-state index in [2.05, 4.69) is 30.8 Å². The maximum Gasteiger partial charge on any atom is 0.421 e. The average Bonchev–Trinajstić information content (AvgIpc) is 3.65.